The van der Waals surface area contributed by atoms with Crippen molar-refractivity contribution >= 4 is 29.3 Å². The number of carbonyl (C=O) groups is 1. The average molecular weight is 473 g/mol. The van der Waals surface area contributed by atoms with Gasteiger partial charge in [-0.2, -0.15) is 5.26 Å². The van der Waals surface area contributed by atoms with Crippen molar-refractivity contribution in [2.75, 3.05) is 19.0 Å². The molecule has 0 spiro atoms. The second kappa shape index (κ2) is 12.0. The van der Waals surface area contributed by atoms with Gasteiger partial charge >= 0.3 is 0 Å². The molecule has 6 nitrogen and oxygen atoms in total. The Bertz CT molecular complexity index is 1270. The number of nitrogens with one attached hydrogen (secondary N) is 1. The summed E-state index contributed by atoms with van der Waals surface area (Å²) in [7, 11) is 1.52. The van der Waals surface area contributed by atoms with E-state index in [2.05, 4.69) is 11.2 Å². The van der Waals surface area contributed by atoms with Crippen LogP contribution in [0, 0.1) is 23.7 Å². The number of methoxy groups -OCH3 is 1. The summed E-state index contributed by atoms with van der Waals surface area (Å²) < 4.78 is 16.5. The zero-order chi connectivity index (χ0) is 24.3. The first-order valence-electron chi connectivity index (χ1n) is 10.2. The maximum absolute atomic E-state index is 12.7. The molecule has 7 heteroatoms. The molecule has 0 fully saturated rings. The smallest absolute Gasteiger partial charge is 0.266 e. The molecule has 3 aromatic rings. The SMILES string of the molecule is C#CCOc1cc(OC)ccc1/C=C(\C#N)C(=O)Nc1ccc(OCc2ccccc2Cl)cc1. The standard InChI is InChI=1S/C27H21ClN2O4/c1-3-14-33-26-16-24(32-2)11-8-19(26)15-21(17-29)27(31)30-22-9-12-23(13-10-22)34-18-20-6-4-5-7-25(20)28/h1,4-13,15-16H,14,18H2,2H3,(H,30,31)/b21-15+. The topological polar surface area (TPSA) is 80.6 Å². The number of ether oxygens (including phenoxy) is 3. The number of anilines is 1. The first-order chi connectivity index (χ1) is 16.5. The van der Waals surface area contributed by atoms with Gasteiger partial charge in [0, 0.05) is 27.9 Å². The molecule has 0 unspecified atom stereocenters. The lowest BCUT2D eigenvalue weighted by molar-refractivity contribution is -0.112. The van der Waals surface area contributed by atoms with Gasteiger partial charge in [0.05, 0.1) is 7.11 Å². The van der Waals surface area contributed by atoms with Gasteiger partial charge in [-0.1, -0.05) is 35.7 Å². The predicted octanol–water partition coefficient (Wildman–Crippen LogP) is 5.49. The molecule has 0 aromatic heterocycles. The lowest BCUT2D eigenvalue weighted by Gasteiger charge is -2.10. The van der Waals surface area contributed by atoms with E-state index < -0.39 is 5.91 Å². The third-order valence-electron chi connectivity index (χ3n) is 4.66. The fraction of sp³-hybridized carbons (Fsp3) is 0.111. The average Bonchev–Trinajstić information content (AvgIpc) is 2.86. The predicted molar refractivity (Wildman–Crippen MR) is 132 cm³/mol. The molecule has 3 rings (SSSR count). The molecule has 0 aliphatic heterocycles. The van der Waals surface area contributed by atoms with Gasteiger partial charge in [-0.3, -0.25) is 4.79 Å². The van der Waals surface area contributed by atoms with Crippen molar-refractivity contribution < 1.29 is 19.0 Å². The van der Waals surface area contributed by atoms with Crippen LogP contribution in [0.15, 0.2) is 72.3 Å². The Kier molecular flexibility index (Phi) is 8.57. The second-order valence-corrected chi connectivity index (χ2v) is 7.33. The van der Waals surface area contributed by atoms with E-state index >= 15 is 0 Å². The van der Waals surface area contributed by atoms with Gasteiger partial charge in [0.1, 0.15) is 42.1 Å². The van der Waals surface area contributed by atoms with Crippen LogP contribution in [0.1, 0.15) is 11.1 Å². The van der Waals surface area contributed by atoms with Crippen molar-refractivity contribution in [3.8, 4) is 35.7 Å². The highest BCUT2D eigenvalue weighted by Crippen LogP contribution is 2.27. The molecule has 3 aromatic carbocycles. The molecule has 170 valence electrons. The van der Waals surface area contributed by atoms with Gasteiger partial charge in [-0.05, 0) is 48.5 Å². The van der Waals surface area contributed by atoms with Crippen LogP contribution in [0.4, 0.5) is 5.69 Å². The molecular formula is C27H21ClN2O4. The highest BCUT2D eigenvalue weighted by Gasteiger charge is 2.12. The van der Waals surface area contributed by atoms with Crippen molar-refractivity contribution in [2.45, 2.75) is 6.61 Å². The number of terminal acetylenes is 1. The summed E-state index contributed by atoms with van der Waals surface area (Å²) in [6.45, 7) is 0.353. The number of hydrogen-bond acceptors (Lipinski definition) is 5. The largest absolute Gasteiger partial charge is 0.497 e. The Morgan fingerprint density at radius 3 is 2.50 bits per heavy atom. The molecule has 0 saturated heterocycles. The van der Waals surface area contributed by atoms with Crippen LogP contribution < -0.4 is 19.5 Å². The molecule has 0 aliphatic rings. The van der Waals surface area contributed by atoms with E-state index in [1.165, 1.54) is 13.2 Å². The summed E-state index contributed by atoms with van der Waals surface area (Å²) in [6.07, 6.45) is 6.70. The number of amides is 1. The van der Waals surface area contributed by atoms with Gasteiger partial charge < -0.3 is 19.5 Å². The van der Waals surface area contributed by atoms with Crippen molar-refractivity contribution in [1.82, 2.24) is 0 Å². The van der Waals surface area contributed by atoms with E-state index in [-0.39, 0.29) is 12.2 Å². The Labute approximate surface area is 203 Å². The number of nitriles is 1. The normalized spacial score (nSPS) is 10.5. The summed E-state index contributed by atoms with van der Waals surface area (Å²) >= 11 is 6.14. The fourth-order valence-corrected chi connectivity index (χ4v) is 3.11. The fourth-order valence-electron chi connectivity index (χ4n) is 2.92. The van der Waals surface area contributed by atoms with E-state index in [9.17, 15) is 10.1 Å². The van der Waals surface area contributed by atoms with E-state index in [1.807, 2.05) is 24.3 Å². The van der Waals surface area contributed by atoms with Gasteiger partial charge in [-0.25, -0.2) is 0 Å². The van der Waals surface area contributed by atoms with Crippen LogP contribution >= 0.6 is 11.6 Å². The van der Waals surface area contributed by atoms with Crippen LogP contribution in [0.25, 0.3) is 6.08 Å². The van der Waals surface area contributed by atoms with E-state index in [4.69, 9.17) is 32.2 Å². The number of rotatable bonds is 9. The lowest BCUT2D eigenvalue weighted by Crippen LogP contribution is -2.13. The van der Waals surface area contributed by atoms with Gasteiger partial charge in [0.15, 0.2) is 0 Å². The number of benzene rings is 3. The first kappa shape index (κ1) is 24.3. The summed E-state index contributed by atoms with van der Waals surface area (Å²) in [6, 6.07) is 21.2. The molecule has 1 amide bonds. The Balaban J connectivity index is 1.69. The first-order valence-corrected chi connectivity index (χ1v) is 10.6. The summed E-state index contributed by atoms with van der Waals surface area (Å²) in [4.78, 5) is 12.7. The Morgan fingerprint density at radius 1 is 1.09 bits per heavy atom. The van der Waals surface area contributed by atoms with E-state index in [0.29, 0.717) is 40.1 Å². The maximum atomic E-state index is 12.7. The monoisotopic (exact) mass is 472 g/mol. The third-order valence-corrected chi connectivity index (χ3v) is 5.03. The minimum absolute atomic E-state index is 0.0347. The Hall–Kier alpha value is -4.39. The van der Waals surface area contributed by atoms with Crippen LogP contribution in [-0.2, 0) is 11.4 Å². The number of hydrogen-bond donors (Lipinski definition) is 1. The molecule has 0 saturated carbocycles. The minimum Gasteiger partial charge on any atom is -0.497 e. The third kappa shape index (κ3) is 6.56. The second-order valence-electron chi connectivity index (χ2n) is 6.92. The maximum Gasteiger partial charge on any atom is 0.266 e. The highest BCUT2D eigenvalue weighted by molar-refractivity contribution is 6.31. The zero-order valence-corrected chi connectivity index (χ0v) is 19.1. The van der Waals surface area contributed by atoms with Gasteiger partial charge in [0.2, 0.25) is 0 Å². The van der Waals surface area contributed by atoms with Crippen LogP contribution in [0.2, 0.25) is 5.02 Å². The molecule has 1 N–H and O–H groups in total. The summed E-state index contributed by atoms with van der Waals surface area (Å²) in [5.74, 6) is 3.39. The minimum atomic E-state index is -0.564. The number of halogens is 1. The lowest BCUT2D eigenvalue weighted by atomic mass is 10.1. The van der Waals surface area contributed by atoms with Crippen LogP contribution in [0.3, 0.4) is 0 Å². The molecule has 34 heavy (non-hydrogen) atoms. The van der Waals surface area contributed by atoms with Crippen molar-refractivity contribution in [1.29, 1.82) is 5.26 Å². The van der Waals surface area contributed by atoms with Gasteiger partial charge in [0.25, 0.3) is 5.91 Å². The molecule has 0 atom stereocenters. The number of nitrogens with zero attached hydrogens (tertiary/aromatic N) is 1. The van der Waals surface area contributed by atoms with Gasteiger partial charge in [-0.15, -0.1) is 6.42 Å². The quantitative estimate of drug-likeness (QED) is 0.253. The molecular weight excluding hydrogens is 452 g/mol. The summed E-state index contributed by atoms with van der Waals surface area (Å²) in [5.41, 5.74) is 1.80. The summed E-state index contributed by atoms with van der Waals surface area (Å²) in [5, 5.41) is 12.9. The van der Waals surface area contributed by atoms with Crippen molar-refractivity contribution in [3.05, 3.63) is 88.5 Å². The van der Waals surface area contributed by atoms with Crippen molar-refractivity contribution in [3.63, 3.8) is 0 Å². The van der Waals surface area contributed by atoms with Crippen molar-refractivity contribution in [2.24, 2.45) is 0 Å². The van der Waals surface area contributed by atoms with Crippen LogP contribution in [0.5, 0.6) is 17.2 Å². The molecule has 0 heterocycles. The van der Waals surface area contributed by atoms with E-state index in [0.717, 1.165) is 5.56 Å². The molecule has 0 bridgehead atoms. The highest BCUT2D eigenvalue weighted by atomic mass is 35.5. The Morgan fingerprint density at radius 2 is 1.82 bits per heavy atom. The van der Waals surface area contributed by atoms with Crippen LogP contribution in [-0.4, -0.2) is 19.6 Å². The number of carbonyl (C=O) groups excluding carboxylic acids is 1. The molecule has 0 radical (unpaired) electrons. The molecule has 0 aliphatic carbocycles. The van der Waals surface area contributed by atoms with E-state index in [1.54, 1.807) is 48.5 Å². The zero-order valence-electron chi connectivity index (χ0n) is 18.4.